The second-order valence-electron chi connectivity index (χ2n) is 7.32. The molecule has 0 aliphatic carbocycles. The van der Waals surface area contributed by atoms with Crippen molar-refractivity contribution in [3.8, 4) is 5.75 Å². The Morgan fingerprint density at radius 1 is 1.12 bits per heavy atom. The highest BCUT2D eigenvalue weighted by Gasteiger charge is 2.46. The third-order valence-electron chi connectivity index (χ3n) is 5.34. The normalized spacial score (nSPS) is 16.2. The van der Waals surface area contributed by atoms with Crippen molar-refractivity contribution in [3.63, 3.8) is 0 Å². The maximum Gasteiger partial charge on any atom is 0.296 e. The van der Waals surface area contributed by atoms with Crippen LogP contribution < -0.4 is 9.64 Å². The molecular weight excluding hydrogens is 428 g/mol. The highest BCUT2D eigenvalue weighted by atomic mass is 32.1. The molecule has 1 aliphatic rings. The van der Waals surface area contributed by atoms with Gasteiger partial charge >= 0.3 is 0 Å². The highest BCUT2D eigenvalue weighted by molar-refractivity contribution is 7.22. The van der Waals surface area contributed by atoms with Crippen molar-refractivity contribution in [2.24, 2.45) is 0 Å². The number of aryl methyl sites for hydroxylation is 1. The third-order valence-corrected chi connectivity index (χ3v) is 6.37. The van der Waals surface area contributed by atoms with Crippen molar-refractivity contribution in [2.45, 2.75) is 13.0 Å². The number of benzene rings is 2. The minimum atomic E-state index is -0.869. The SMILES string of the molecule is COc1ccc(C2C(C(=O)c3ccc(C)o3)=C(O)C(=O)N2c2nc3ccccc3s2)cc1. The van der Waals surface area contributed by atoms with E-state index in [0.29, 0.717) is 22.2 Å². The number of carbonyl (C=O) groups is 2. The summed E-state index contributed by atoms with van der Waals surface area (Å²) in [4.78, 5) is 32.5. The van der Waals surface area contributed by atoms with Crippen LogP contribution in [0.2, 0.25) is 0 Å². The summed E-state index contributed by atoms with van der Waals surface area (Å²) in [6, 6.07) is 16.8. The number of ether oxygens (including phenoxy) is 1. The standard InChI is InChI=1S/C24H18N2O5S/c1-13-7-12-17(31-13)21(27)19-20(14-8-10-15(30-2)11-9-14)26(23(29)22(19)28)24-25-16-5-3-4-6-18(16)32-24/h3-12,20,28H,1-2H3. The molecule has 2 aromatic heterocycles. The van der Waals surface area contributed by atoms with E-state index in [-0.39, 0.29) is 11.3 Å². The van der Waals surface area contributed by atoms with Gasteiger partial charge in [0, 0.05) is 0 Å². The van der Waals surface area contributed by atoms with Gasteiger partial charge in [-0.2, -0.15) is 0 Å². The molecule has 0 radical (unpaired) electrons. The Hall–Kier alpha value is -3.91. The molecule has 4 aromatic rings. The van der Waals surface area contributed by atoms with E-state index in [9.17, 15) is 14.7 Å². The number of thiazole rings is 1. The number of hydrogen-bond acceptors (Lipinski definition) is 7. The van der Waals surface area contributed by atoms with Crippen LogP contribution in [-0.4, -0.2) is 28.9 Å². The molecule has 2 aromatic carbocycles. The number of amides is 1. The maximum absolute atomic E-state index is 13.3. The lowest BCUT2D eigenvalue weighted by Gasteiger charge is -2.24. The molecule has 0 bridgehead atoms. The molecule has 0 spiro atoms. The van der Waals surface area contributed by atoms with Gasteiger partial charge in [0.05, 0.1) is 28.9 Å². The number of nitrogens with zero attached hydrogens (tertiary/aromatic N) is 2. The Balaban J connectivity index is 1.67. The predicted octanol–water partition coefficient (Wildman–Crippen LogP) is 4.99. The predicted molar refractivity (Wildman–Crippen MR) is 120 cm³/mol. The smallest absolute Gasteiger partial charge is 0.296 e. The fraction of sp³-hybridized carbons (Fsp3) is 0.125. The lowest BCUT2D eigenvalue weighted by molar-refractivity contribution is -0.117. The molecule has 0 saturated carbocycles. The summed E-state index contributed by atoms with van der Waals surface area (Å²) in [5.41, 5.74) is 1.32. The number of rotatable bonds is 5. The van der Waals surface area contributed by atoms with Gasteiger partial charge in [-0.25, -0.2) is 4.98 Å². The molecule has 0 saturated heterocycles. The monoisotopic (exact) mass is 446 g/mol. The summed E-state index contributed by atoms with van der Waals surface area (Å²) in [6.07, 6.45) is 0. The fourth-order valence-electron chi connectivity index (χ4n) is 3.79. The van der Waals surface area contributed by atoms with E-state index in [2.05, 4.69) is 4.98 Å². The van der Waals surface area contributed by atoms with Crippen molar-refractivity contribution in [1.29, 1.82) is 0 Å². The number of furan rings is 1. The molecule has 1 amide bonds. The molecule has 1 atom stereocenters. The minimum Gasteiger partial charge on any atom is -0.503 e. The number of aliphatic hydroxyl groups excluding tert-OH is 1. The Kier molecular flexibility index (Phi) is 4.79. The Morgan fingerprint density at radius 2 is 1.88 bits per heavy atom. The van der Waals surface area contributed by atoms with Crippen LogP contribution in [0.1, 0.15) is 27.9 Å². The molecule has 8 heteroatoms. The van der Waals surface area contributed by atoms with Crippen LogP contribution in [0, 0.1) is 6.92 Å². The Bertz CT molecular complexity index is 1350. The number of carbonyl (C=O) groups excluding carboxylic acids is 2. The number of Topliss-reactive ketones (excluding diaryl/α,β-unsaturated/α-hetero) is 1. The van der Waals surface area contributed by atoms with Crippen LogP contribution in [-0.2, 0) is 4.79 Å². The molecule has 160 valence electrons. The van der Waals surface area contributed by atoms with E-state index in [4.69, 9.17) is 9.15 Å². The number of anilines is 1. The molecule has 1 unspecified atom stereocenters. The molecule has 7 nitrogen and oxygen atoms in total. The van der Waals surface area contributed by atoms with Crippen LogP contribution in [0.3, 0.4) is 0 Å². The first-order valence-electron chi connectivity index (χ1n) is 9.85. The molecule has 3 heterocycles. The molecule has 5 rings (SSSR count). The number of fused-ring (bicyclic) bond motifs is 1. The summed E-state index contributed by atoms with van der Waals surface area (Å²) < 4.78 is 11.6. The zero-order valence-corrected chi connectivity index (χ0v) is 18.1. The lowest BCUT2D eigenvalue weighted by Crippen LogP contribution is -2.30. The lowest BCUT2D eigenvalue weighted by atomic mass is 9.95. The minimum absolute atomic E-state index is 0.0474. The number of para-hydroxylation sites is 1. The summed E-state index contributed by atoms with van der Waals surface area (Å²) in [6.45, 7) is 1.72. The van der Waals surface area contributed by atoms with Gasteiger partial charge in [-0.3, -0.25) is 14.5 Å². The van der Waals surface area contributed by atoms with E-state index in [0.717, 1.165) is 10.2 Å². The van der Waals surface area contributed by atoms with Crippen molar-refractivity contribution in [3.05, 3.63) is 89.1 Å². The van der Waals surface area contributed by atoms with Crippen LogP contribution in [0.25, 0.3) is 10.2 Å². The van der Waals surface area contributed by atoms with Gasteiger partial charge in [0.25, 0.3) is 5.91 Å². The van der Waals surface area contributed by atoms with Crippen LogP contribution in [0.5, 0.6) is 5.75 Å². The average molecular weight is 446 g/mol. The van der Waals surface area contributed by atoms with Gasteiger partial charge in [-0.15, -0.1) is 0 Å². The first-order valence-corrected chi connectivity index (χ1v) is 10.7. The van der Waals surface area contributed by atoms with Gasteiger partial charge in [0.15, 0.2) is 16.7 Å². The van der Waals surface area contributed by atoms with E-state index in [1.165, 1.54) is 22.3 Å². The zero-order valence-electron chi connectivity index (χ0n) is 17.2. The summed E-state index contributed by atoms with van der Waals surface area (Å²) in [5, 5.41) is 11.2. The van der Waals surface area contributed by atoms with Gasteiger partial charge in [-0.1, -0.05) is 35.6 Å². The first-order chi connectivity index (χ1) is 15.5. The fourth-order valence-corrected chi connectivity index (χ4v) is 4.78. The Morgan fingerprint density at radius 3 is 2.53 bits per heavy atom. The molecule has 1 N–H and O–H groups in total. The van der Waals surface area contributed by atoms with E-state index >= 15 is 0 Å². The summed E-state index contributed by atoms with van der Waals surface area (Å²) >= 11 is 1.32. The number of hydrogen-bond donors (Lipinski definition) is 1. The van der Waals surface area contributed by atoms with Crippen molar-refractivity contribution in [1.82, 2.24) is 4.98 Å². The molecular formula is C24H18N2O5S. The highest BCUT2D eigenvalue weighted by Crippen LogP contribution is 2.44. The van der Waals surface area contributed by atoms with E-state index < -0.39 is 23.5 Å². The summed E-state index contributed by atoms with van der Waals surface area (Å²) in [7, 11) is 1.56. The second-order valence-corrected chi connectivity index (χ2v) is 8.33. The van der Waals surface area contributed by atoms with Gasteiger partial charge in [0.2, 0.25) is 5.78 Å². The largest absolute Gasteiger partial charge is 0.503 e. The van der Waals surface area contributed by atoms with Crippen molar-refractivity contribution in [2.75, 3.05) is 12.0 Å². The van der Waals surface area contributed by atoms with Crippen LogP contribution in [0.15, 0.2) is 76.4 Å². The van der Waals surface area contributed by atoms with Crippen molar-refractivity contribution >= 4 is 38.4 Å². The first kappa shape index (κ1) is 20.0. The van der Waals surface area contributed by atoms with E-state index in [1.54, 1.807) is 44.4 Å². The molecule has 32 heavy (non-hydrogen) atoms. The third kappa shape index (κ3) is 3.16. The van der Waals surface area contributed by atoms with Gasteiger partial charge < -0.3 is 14.3 Å². The van der Waals surface area contributed by atoms with Gasteiger partial charge in [0.1, 0.15) is 11.5 Å². The maximum atomic E-state index is 13.3. The Labute approximate surface area is 187 Å². The average Bonchev–Trinajstić information content (AvgIpc) is 3.49. The zero-order chi connectivity index (χ0) is 22.4. The molecule has 0 fully saturated rings. The number of methoxy groups -OCH3 is 1. The topological polar surface area (TPSA) is 92.9 Å². The van der Waals surface area contributed by atoms with Gasteiger partial charge in [-0.05, 0) is 48.9 Å². The number of aromatic nitrogens is 1. The van der Waals surface area contributed by atoms with Crippen molar-refractivity contribution < 1.29 is 23.8 Å². The van der Waals surface area contributed by atoms with Crippen LogP contribution >= 0.6 is 11.3 Å². The number of ketones is 1. The second kappa shape index (κ2) is 7.65. The van der Waals surface area contributed by atoms with Crippen LogP contribution in [0.4, 0.5) is 5.13 Å². The number of aliphatic hydroxyl groups is 1. The molecule has 1 aliphatic heterocycles. The summed E-state index contributed by atoms with van der Waals surface area (Å²) in [5.74, 6) is -0.593. The quantitative estimate of drug-likeness (QED) is 0.434. The van der Waals surface area contributed by atoms with E-state index in [1.807, 2.05) is 24.3 Å².